The van der Waals surface area contributed by atoms with Crippen molar-refractivity contribution in [3.63, 3.8) is 0 Å². The molecule has 0 saturated carbocycles. The zero-order chi connectivity index (χ0) is 26.6. The molecule has 188 valence electrons. The zero-order valence-corrected chi connectivity index (χ0v) is 19.6. The van der Waals surface area contributed by atoms with Crippen LogP contribution in [-0.2, 0) is 10.0 Å². The average molecular weight is 519 g/mol. The van der Waals surface area contributed by atoms with Gasteiger partial charge in [-0.05, 0) is 49.7 Å². The van der Waals surface area contributed by atoms with Gasteiger partial charge in [0.15, 0.2) is 0 Å². The van der Waals surface area contributed by atoms with Crippen molar-refractivity contribution in [1.82, 2.24) is 0 Å². The normalized spacial score (nSPS) is 11.9. The fourth-order valence-corrected chi connectivity index (χ4v) is 4.43. The van der Waals surface area contributed by atoms with Gasteiger partial charge in [0.25, 0.3) is 15.7 Å². The molecule has 0 spiro atoms. The molecule has 0 aliphatic heterocycles. The minimum Gasteiger partial charge on any atom is -0.271 e. The Labute approximate surface area is 204 Å². The lowest BCUT2D eigenvalue weighted by Gasteiger charge is -2.23. The summed E-state index contributed by atoms with van der Waals surface area (Å²) in [7, 11) is -4.54. The van der Waals surface area contributed by atoms with Crippen LogP contribution in [0.25, 0.3) is 0 Å². The van der Waals surface area contributed by atoms with Gasteiger partial charge in [0.05, 0.1) is 32.2 Å². The van der Waals surface area contributed by atoms with Gasteiger partial charge < -0.3 is 0 Å². The number of anilines is 2. The summed E-state index contributed by atoms with van der Waals surface area (Å²) in [6.45, 7) is -0.0904. The Morgan fingerprint density at radius 3 is 2.11 bits per heavy atom. The van der Waals surface area contributed by atoms with Crippen LogP contribution in [0.2, 0.25) is 0 Å². The summed E-state index contributed by atoms with van der Waals surface area (Å²) >= 11 is 0. The second-order valence-corrected chi connectivity index (χ2v) is 9.28. The van der Waals surface area contributed by atoms with Gasteiger partial charge in [0, 0.05) is 6.07 Å². The smallest absolute Gasteiger partial charge is 0.271 e. The lowest BCUT2D eigenvalue weighted by Crippen LogP contribution is -2.35. The van der Waals surface area contributed by atoms with Gasteiger partial charge in [-0.2, -0.15) is 13.9 Å². The third kappa shape index (κ3) is 5.60. The first-order valence-corrected chi connectivity index (χ1v) is 11.6. The van der Waals surface area contributed by atoms with E-state index in [1.165, 1.54) is 55.5 Å². The molecule has 3 aromatic carbocycles. The highest BCUT2D eigenvalue weighted by Crippen LogP contribution is 2.30. The maximum Gasteiger partial charge on any atom is 0.328 e. The molecular weight excluding hydrogens is 500 g/mol. The Morgan fingerprint density at radius 1 is 0.972 bits per heavy atom. The highest BCUT2D eigenvalue weighted by atomic mass is 32.2. The average Bonchev–Trinajstić information content (AvgIpc) is 2.82. The van der Waals surface area contributed by atoms with Crippen LogP contribution < -0.4 is 9.73 Å². The number of nitrogens with one attached hydrogen (secondary N) is 1. The summed E-state index contributed by atoms with van der Waals surface area (Å²) < 4.78 is 53.3. The van der Waals surface area contributed by atoms with Gasteiger partial charge in [-0.25, -0.2) is 12.7 Å². The van der Waals surface area contributed by atoms with Crippen molar-refractivity contribution in [2.45, 2.75) is 25.3 Å². The lowest BCUT2D eigenvalue weighted by atomic mass is 10.1. The van der Waals surface area contributed by atoms with Gasteiger partial charge >= 0.3 is 12.2 Å². The largest absolute Gasteiger partial charge is 0.328 e. The second kappa shape index (κ2) is 10.4. The Bertz CT molecular complexity index is 1430. The van der Waals surface area contributed by atoms with Crippen LogP contribution >= 0.6 is 0 Å². The number of sulfonamides is 1. The van der Waals surface area contributed by atoms with Gasteiger partial charge in [-0.3, -0.25) is 25.7 Å². The fourth-order valence-electron chi connectivity index (χ4n) is 3.12. The molecular formula is C22H19F2N5O6S. The molecule has 0 fully saturated rings. The summed E-state index contributed by atoms with van der Waals surface area (Å²) in [6.07, 6.45) is 0. The highest BCUT2D eigenvalue weighted by molar-refractivity contribution is 7.92. The Hall–Kier alpha value is -4.46. The van der Waals surface area contributed by atoms with Crippen LogP contribution in [0.1, 0.15) is 18.1 Å². The number of hydrazone groups is 1. The summed E-state index contributed by atoms with van der Waals surface area (Å²) in [4.78, 5) is 20.2. The van der Waals surface area contributed by atoms with Crippen molar-refractivity contribution in [1.29, 1.82) is 0 Å². The van der Waals surface area contributed by atoms with Gasteiger partial charge in [-0.1, -0.05) is 29.8 Å². The van der Waals surface area contributed by atoms with Crippen LogP contribution in [0.5, 0.6) is 0 Å². The standard InChI is InChI=1S/C22H19F2N5O6S/c1-14-3-10-19(11-4-14)36(34,35)27(22(23)24)17-7-5-16(6-8-17)15(2)25-26-20-12-9-18(28(30)31)13-21(20)29(32)33/h3-13,22,26H,1-2H3/b25-15-. The molecule has 0 radical (unpaired) electrons. The number of aryl methyl sites for hydroxylation is 1. The van der Waals surface area contributed by atoms with E-state index in [4.69, 9.17) is 0 Å². The van der Waals surface area contributed by atoms with Crippen LogP contribution in [0.15, 0.2) is 76.7 Å². The Morgan fingerprint density at radius 2 is 1.58 bits per heavy atom. The molecule has 0 bridgehead atoms. The maximum atomic E-state index is 13.8. The van der Waals surface area contributed by atoms with E-state index in [0.29, 0.717) is 5.56 Å². The van der Waals surface area contributed by atoms with Crippen LogP contribution in [-0.4, -0.2) is 30.5 Å². The van der Waals surface area contributed by atoms with Crippen molar-refractivity contribution in [2.24, 2.45) is 5.10 Å². The van der Waals surface area contributed by atoms with E-state index >= 15 is 0 Å². The molecule has 14 heteroatoms. The first-order valence-electron chi connectivity index (χ1n) is 10.1. The predicted octanol–water partition coefficient (Wildman–Crippen LogP) is 5.07. The lowest BCUT2D eigenvalue weighted by molar-refractivity contribution is -0.393. The topological polar surface area (TPSA) is 148 Å². The van der Waals surface area contributed by atoms with E-state index in [9.17, 15) is 37.4 Å². The zero-order valence-electron chi connectivity index (χ0n) is 18.8. The maximum absolute atomic E-state index is 13.8. The van der Waals surface area contributed by atoms with Gasteiger partial charge in [-0.15, -0.1) is 0 Å². The second-order valence-electron chi connectivity index (χ2n) is 7.46. The molecule has 1 N–H and O–H groups in total. The third-order valence-corrected chi connectivity index (χ3v) is 6.78. The van der Waals surface area contributed by atoms with E-state index in [0.717, 1.165) is 23.8 Å². The quantitative estimate of drug-likeness (QED) is 0.180. The number of hydrogen-bond acceptors (Lipinski definition) is 8. The number of rotatable bonds is 9. The predicted molar refractivity (Wildman–Crippen MR) is 129 cm³/mol. The molecule has 0 atom stereocenters. The van der Waals surface area contributed by atoms with E-state index in [1.807, 2.05) is 0 Å². The Kier molecular flexibility index (Phi) is 7.58. The van der Waals surface area contributed by atoms with Gasteiger partial charge in [0.1, 0.15) is 5.69 Å². The highest BCUT2D eigenvalue weighted by Gasteiger charge is 2.32. The molecule has 0 aliphatic carbocycles. The molecule has 0 heterocycles. The number of nitrogens with zero attached hydrogens (tertiary/aromatic N) is 4. The summed E-state index contributed by atoms with van der Waals surface area (Å²) in [5.41, 5.74) is 2.50. The summed E-state index contributed by atoms with van der Waals surface area (Å²) in [5, 5.41) is 26.1. The van der Waals surface area contributed by atoms with Crippen molar-refractivity contribution in [3.8, 4) is 0 Å². The molecule has 3 rings (SSSR count). The van der Waals surface area contributed by atoms with Gasteiger partial charge in [0.2, 0.25) is 0 Å². The molecule has 0 aromatic heterocycles. The van der Waals surface area contributed by atoms with Crippen molar-refractivity contribution in [2.75, 3.05) is 9.73 Å². The number of alkyl halides is 2. The van der Waals surface area contributed by atoms with Crippen molar-refractivity contribution in [3.05, 3.63) is 98.1 Å². The monoisotopic (exact) mass is 519 g/mol. The molecule has 0 amide bonds. The molecule has 3 aromatic rings. The number of halogens is 2. The number of non-ortho nitro benzene ring substituents is 1. The minimum absolute atomic E-state index is 0.00636. The van der Waals surface area contributed by atoms with E-state index in [2.05, 4.69) is 10.5 Å². The molecule has 0 unspecified atom stereocenters. The summed E-state index contributed by atoms with van der Waals surface area (Å²) in [6, 6.07) is 13.6. The van der Waals surface area contributed by atoms with Crippen molar-refractivity contribution < 1.29 is 27.0 Å². The third-order valence-electron chi connectivity index (χ3n) is 5.03. The van der Waals surface area contributed by atoms with E-state index in [1.54, 1.807) is 6.92 Å². The summed E-state index contributed by atoms with van der Waals surface area (Å²) in [5.74, 6) is 0. The molecule has 36 heavy (non-hydrogen) atoms. The SMILES string of the molecule is C/C(=N/Nc1ccc([N+](=O)[O-])cc1[N+](=O)[O-])c1ccc(N(C(F)F)S(=O)(=O)c2ccc(C)cc2)cc1. The number of benzene rings is 3. The van der Waals surface area contributed by atoms with E-state index < -0.39 is 37.8 Å². The molecule has 11 nitrogen and oxygen atoms in total. The Balaban J connectivity index is 1.87. The van der Waals surface area contributed by atoms with Crippen LogP contribution in [0.4, 0.5) is 31.5 Å². The van der Waals surface area contributed by atoms with Crippen LogP contribution in [0.3, 0.4) is 0 Å². The number of nitro groups is 2. The number of nitro benzene ring substituents is 2. The van der Waals surface area contributed by atoms with Crippen molar-refractivity contribution >= 4 is 38.5 Å². The fraction of sp³-hybridized carbons (Fsp3) is 0.136. The van der Waals surface area contributed by atoms with Crippen LogP contribution in [0, 0.1) is 27.2 Å². The minimum atomic E-state index is -4.54. The molecule has 0 aliphatic rings. The first-order chi connectivity index (χ1) is 16.9. The van der Waals surface area contributed by atoms with E-state index in [-0.39, 0.29) is 26.3 Å². The molecule has 0 saturated heterocycles. The first kappa shape index (κ1) is 26.2. The number of hydrogen-bond donors (Lipinski definition) is 1.